The van der Waals surface area contributed by atoms with E-state index < -0.39 is 4.92 Å². The third-order valence-electron chi connectivity index (χ3n) is 5.69. The highest BCUT2D eigenvalue weighted by Crippen LogP contribution is 2.35. The number of nitrogens with zero attached hydrogens (tertiary/aromatic N) is 6. The molecule has 0 aliphatic carbocycles. The highest BCUT2D eigenvalue weighted by molar-refractivity contribution is 6.36. The number of carbonyl (C=O) groups is 1. The van der Waals surface area contributed by atoms with E-state index in [1.807, 2.05) is 11.9 Å². The average Bonchev–Trinajstić information content (AvgIpc) is 2.82. The molecule has 0 saturated carbocycles. The van der Waals surface area contributed by atoms with Crippen molar-refractivity contribution in [2.45, 2.75) is 12.8 Å². The number of nitrogens with two attached hydrogens (primary N) is 1. The van der Waals surface area contributed by atoms with Crippen molar-refractivity contribution in [3.8, 4) is 11.3 Å². The fourth-order valence-corrected chi connectivity index (χ4v) is 4.34. The third-order valence-corrected chi connectivity index (χ3v) is 6.24. The van der Waals surface area contributed by atoms with Crippen molar-refractivity contribution in [2.24, 2.45) is 0 Å². The lowest BCUT2D eigenvalue weighted by Crippen LogP contribution is -2.49. The molecule has 1 aliphatic rings. The summed E-state index contributed by atoms with van der Waals surface area (Å²) in [6.45, 7) is 2.07. The standard InChI is InChI=1S/C23H24Cl2N8O3/c1-31-9-10-32(21(34)13-31)18-12-28-19(29-22(18)15-5-4-14(24)11-16(15)25)3-2-8-27-20-7-6-17(33(35)36)23(26)30-20/h4-7,11-12H,2-3,8-10,13H2,1H3,(H3,26,27,30). The fourth-order valence-electron chi connectivity index (χ4n) is 3.84. The molecule has 1 fully saturated rings. The summed E-state index contributed by atoms with van der Waals surface area (Å²) < 4.78 is 0. The van der Waals surface area contributed by atoms with Gasteiger partial charge in [0.1, 0.15) is 11.6 Å². The van der Waals surface area contributed by atoms with Gasteiger partial charge in [-0.25, -0.2) is 15.0 Å². The van der Waals surface area contributed by atoms with E-state index >= 15 is 0 Å². The summed E-state index contributed by atoms with van der Waals surface area (Å²) in [7, 11) is 1.90. The van der Waals surface area contributed by atoms with Crippen LogP contribution in [0.15, 0.2) is 36.5 Å². The molecule has 0 unspecified atom stereocenters. The third kappa shape index (κ3) is 5.81. The summed E-state index contributed by atoms with van der Waals surface area (Å²) in [5, 5.41) is 14.9. The number of aryl methyl sites for hydroxylation is 1. The van der Waals surface area contributed by atoms with E-state index in [-0.39, 0.29) is 17.4 Å². The van der Waals surface area contributed by atoms with Gasteiger partial charge in [-0.1, -0.05) is 23.2 Å². The fraction of sp³-hybridized carbons (Fsp3) is 0.304. The van der Waals surface area contributed by atoms with Gasteiger partial charge in [0.05, 0.1) is 34.1 Å². The van der Waals surface area contributed by atoms with Crippen molar-refractivity contribution in [2.75, 3.05) is 49.2 Å². The van der Waals surface area contributed by atoms with Crippen LogP contribution in [0, 0.1) is 10.1 Å². The van der Waals surface area contributed by atoms with Crippen LogP contribution in [0.3, 0.4) is 0 Å². The minimum Gasteiger partial charge on any atom is -0.378 e. The van der Waals surface area contributed by atoms with Crippen LogP contribution in [0.1, 0.15) is 12.2 Å². The Bertz CT molecular complexity index is 1310. The highest BCUT2D eigenvalue weighted by Gasteiger charge is 2.27. The molecule has 2 aromatic heterocycles. The van der Waals surface area contributed by atoms with Crippen molar-refractivity contribution in [1.29, 1.82) is 0 Å². The summed E-state index contributed by atoms with van der Waals surface area (Å²) in [5.74, 6) is 0.841. The number of halogens is 2. The van der Waals surface area contributed by atoms with E-state index in [0.717, 1.165) is 6.54 Å². The SMILES string of the molecule is CN1CCN(c2cnc(CCCNc3ccc([N+](=O)[O-])c(N)n3)nc2-c2ccc(Cl)cc2Cl)C(=O)C1. The molecule has 1 aliphatic heterocycles. The molecule has 188 valence electrons. The lowest BCUT2D eigenvalue weighted by atomic mass is 10.1. The highest BCUT2D eigenvalue weighted by atomic mass is 35.5. The van der Waals surface area contributed by atoms with E-state index in [1.165, 1.54) is 12.1 Å². The molecule has 13 heteroatoms. The topological polar surface area (TPSA) is 143 Å². The average molecular weight is 531 g/mol. The molecule has 11 nitrogen and oxygen atoms in total. The summed E-state index contributed by atoms with van der Waals surface area (Å²) in [5.41, 5.74) is 7.24. The first-order valence-corrected chi connectivity index (χ1v) is 11.9. The molecule has 4 rings (SSSR count). The quantitative estimate of drug-likeness (QED) is 0.253. The Labute approximate surface area is 217 Å². The van der Waals surface area contributed by atoms with Gasteiger partial charge < -0.3 is 16.0 Å². The van der Waals surface area contributed by atoms with Crippen molar-refractivity contribution in [1.82, 2.24) is 19.9 Å². The van der Waals surface area contributed by atoms with E-state index in [1.54, 1.807) is 29.3 Å². The van der Waals surface area contributed by atoms with Crippen LogP contribution in [0.4, 0.5) is 23.0 Å². The van der Waals surface area contributed by atoms with Gasteiger partial charge in [0.15, 0.2) is 0 Å². The molecule has 1 aromatic carbocycles. The maximum atomic E-state index is 12.8. The van der Waals surface area contributed by atoms with E-state index in [0.29, 0.717) is 71.1 Å². The van der Waals surface area contributed by atoms with Crippen LogP contribution >= 0.6 is 23.2 Å². The Morgan fingerprint density at radius 2 is 2.00 bits per heavy atom. The zero-order valence-electron chi connectivity index (χ0n) is 19.4. The second-order valence-electron chi connectivity index (χ2n) is 8.32. The molecular formula is C23H24Cl2N8O3. The minimum absolute atomic E-state index is 0.0366. The van der Waals surface area contributed by atoms with Gasteiger partial charge in [-0.05, 0) is 37.7 Å². The van der Waals surface area contributed by atoms with Crippen molar-refractivity contribution in [3.63, 3.8) is 0 Å². The number of anilines is 3. The monoisotopic (exact) mass is 530 g/mol. The summed E-state index contributed by atoms with van der Waals surface area (Å²) >= 11 is 12.6. The Balaban J connectivity index is 1.51. The van der Waals surface area contributed by atoms with E-state index in [4.69, 9.17) is 33.9 Å². The largest absolute Gasteiger partial charge is 0.378 e. The number of hydrogen-bond donors (Lipinski definition) is 2. The smallest absolute Gasteiger partial charge is 0.311 e. The van der Waals surface area contributed by atoms with Gasteiger partial charge in [0, 0.05) is 42.7 Å². The molecule has 36 heavy (non-hydrogen) atoms. The first kappa shape index (κ1) is 25.5. The second kappa shape index (κ2) is 11.0. The maximum absolute atomic E-state index is 12.8. The van der Waals surface area contributed by atoms with Crippen molar-refractivity contribution >= 4 is 52.1 Å². The molecule has 3 aromatic rings. The number of aromatic nitrogens is 3. The first-order chi connectivity index (χ1) is 17.2. The second-order valence-corrected chi connectivity index (χ2v) is 9.16. The lowest BCUT2D eigenvalue weighted by Gasteiger charge is -2.33. The number of nitrogens with one attached hydrogen (secondary N) is 1. The summed E-state index contributed by atoms with van der Waals surface area (Å²) in [6, 6.07) is 7.98. The lowest BCUT2D eigenvalue weighted by molar-refractivity contribution is -0.384. The molecule has 1 amide bonds. The molecule has 1 saturated heterocycles. The molecule has 0 bridgehead atoms. The van der Waals surface area contributed by atoms with Crippen molar-refractivity contribution in [3.05, 3.63) is 62.5 Å². The Morgan fingerprint density at radius 3 is 2.69 bits per heavy atom. The number of amides is 1. The number of carbonyl (C=O) groups excluding carboxylic acids is 1. The van der Waals surface area contributed by atoms with Gasteiger partial charge in [-0.3, -0.25) is 19.8 Å². The number of nitrogen functional groups attached to an aromatic ring is 1. The van der Waals surface area contributed by atoms with E-state index in [2.05, 4.69) is 15.3 Å². The number of hydrogen-bond acceptors (Lipinski definition) is 9. The summed E-state index contributed by atoms with van der Waals surface area (Å²) in [6.07, 6.45) is 2.85. The van der Waals surface area contributed by atoms with Crippen LogP contribution in [-0.2, 0) is 11.2 Å². The number of pyridine rings is 1. The van der Waals surface area contributed by atoms with Crippen LogP contribution < -0.4 is 16.0 Å². The minimum atomic E-state index is -0.576. The Morgan fingerprint density at radius 1 is 1.19 bits per heavy atom. The zero-order valence-corrected chi connectivity index (χ0v) is 21.0. The number of benzene rings is 1. The van der Waals surface area contributed by atoms with Gasteiger partial charge in [-0.15, -0.1) is 0 Å². The Hall–Kier alpha value is -3.54. The number of piperazine rings is 1. The molecule has 0 radical (unpaired) electrons. The molecule has 0 spiro atoms. The molecule has 3 heterocycles. The van der Waals surface area contributed by atoms with Crippen molar-refractivity contribution < 1.29 is 9.72 Å². The molecule has 3 N–H and O–H groups in total. The van der Waals surface area contributed by atoms with Crippen LogP contribution in [-0.4, -0.2) is 63.9 Å². The number of nitro groups is 1. The predicted octanol–water partition coefficient (Wildman–Crippen LogP) is 3.66. The van der Waals surface area contributed by atoms with E-state index in [9.17, 15) is 14.9 Å². The Kier molecular flexibility index (Phi) is 7.82. The molecular weight excluding hydrogens is 507 g/mol. The number of likely N-dealkylation sites (N-methyl/N-ethyl adjacent to an activating group) is 1. The zero-order chi connectivity index (χ0) is 25.8. The van der Waals surface area contributed by atoms with Gasteiger partial charge >= 0.3 is 5.69 Å². The van der Waals surface area contributed by atoms with Gasteiger partial charge in [0.2, 0.25) is 11.7 Å². The molecule has 0 atom stereocenters. The number of rotatable bonds is 8. The van der Waals surface area contributed by atoms with Gasteiger partial charge in [0.25, 0.3) is 0 Å². The van der Waals surface area contributed by atoms with Crippen LogP contribution in [0.25, 0.3) is 11.3 Å². The normalized spacial score (nSPS) is 14.2. The van der Waals surface area contributed by atoms with Crippen LogP contribution in [0.5, 0.6) is 0 Å². The predicted molar refractivity (Wildman–Crippen MR) is 139 cm³/mol. The maximum Gasteiger partial charge on any atom is 0.311 e. The van der Waals surface area contributed by atoms with Gasteiger partial charge in [-0.2, -0.15) is 0 Å². The summed E-state index contributed by atoms with van der Waals surface area (Å²) in [4.78, 5) is 40.0. The first-order valence-electron chi connectivity index (χ1n) is 11.2. The van der Waals surface area contributed by atoms with Crippen LogP contribution in [0.2, 0.25) is 10.0 Å².